The van der Waals surface area contributed by atoms with Gasteiger partial charge in [-0.2, -0.15) is 0 Å². The van der Waals surface area contributed by atoms with E-state index in [0.717, 1.165) is 22.2 Å². The number of primary sulfonamides is 1. The van der Waals surface area contributed by atoms with E-state index in [-0.39, 0.29) is 4.90 Å². The summed E-state index contributed by atoms with van der Waals surface area (Å²) in [7, 11) is -3.82. The van der Waals surface area contributed by atoms with Gasteiger partial charge in [-0.15, -0.1) is 0 Å². The summed E-state index contributed by atoms with van der Waals surface area (Å²) in [6.07, 6.45) is 3.59. The molecule has 0 spiro atoms. The Morgan fingerprint density at radius 3 is 2.62 bits per heavy atom. The molecule has 21 heavy (non-hydrogen) atoms. The van der Waals surface area contributed by atoms with Crippen molar-refractivity contribution >= 4 is 26.4 Å². The number of aromatic nitrogens is 2. The fourth-order valence-corrected chi connectivity index (χ4v) is 3.48. The Kier molecular flexibility index (Phi) is 2.36. The monoisotopic (exact) mass is 297 g/mol. The lowest BCUT2D eigenvalue weighted by Gasteiger charge is -2.10. The minimum absolute atomic E-state index is 0.105. The van der Waals surface area contributed by atoms with Gasteiger partial charge in [0.1, 0.15) is 4.90 Å². The summed E-state index contributed by atoms with van der Waals surface area (Å²) in [6.45, 7) is 0. The van der Waals surface area contributed by atoms with Crippen LogP contribution in [0.5, 0.6) is 0 Å². The molecule has 2 aliphatic heterocycles. The molecule has 1 aromatic carbocycles. The van der Waals surface area contributed by atoms with Crippen molar-refractivity contribution in [3.05, 3.63) is 54.9 Å². The van der Waals surface area contributed by atoms with Gasteiger partial charge in [0.25, 0.3) is 0 Å². The van der Waals surface area contributed by atoms with E-state index in [1.54, 1.807) is 22.9 Å². The van der Waals surface area contributed by atoms with Gasteiger partial charge in [0.15, 0.2) is 0 Å². The molecule has 2 aromatic rings. The largest absolute Gasteiger partial charge is 0.322 e. The first kappa shape index (κ1) is 12.3. The summed E-state index contributed by atoms with van der Waals surface area (Å²) in [4.78, 5) is 4.64. The molecule has 0 atom stereocenters. The van der Waals surface area contributed by atoms with Crippen LogP contribution in [0.2, 0.25) is 0 Å². The molecule has 0 amide bonds. The Balaban J connectivity index is 2.34. The van der Waals surface area contributed by atoms with E-state index in [9.17, 15) is 8.42 Å². The lowest BCUT2D eigenvalue weighted by Crippen LogP contribution is -2.14. The van der Waals surface area contributed by atoms with Crippen LogP contribution in [0.1, 0.15) is 0 Å². The zero-order chi connectivity index (χ0) is 14.6. The van der Waals surface area contributed by atoms with Crippen LogP contribution in [-0.4, -0.2) is 17.8 Å². The Morgan fingerprint density at radius 1 is 1.00 bits per heavy atom. The predicted molar refractivity (Wildman–Crippen MR) is 80.7 cm³/mol. The molecule has 0 fully saturated rings. The molecule has 5 nitrogen and oxygen atoms in total. The second-order valence-electron chi connectivity index (χ2n) is 4.88. The summed E-state index contributed by atoms with van der Waals surface area (Å²) in [5.74, 6) is 0. The first-order chi connectivity index (χ1) is 10.1. The molecule has 0 saturated carbocycles. The van der Waals surface area contributed by atoms with E-state index in [2.05, 4.69) is 4.98 Å². The molecule has 2 N–H and O–H groups in total. The normalized spacial score (nSPS) is 12.4. The third kappa shape index (κ3) is 1.73. The Hall–Kier alpha value is -2.44. The fourth-order valence-electron chi connectivity index (χ4n) is 2.74. The van der Waals surface area contributed by atoms with Crippen LogP contribution in [0.3, 0.4) is 0 Å². The maximum Gasteiger partial charge on any atom is 0.240 e. The van der Waals surface area contributed by atoms with E-state index in [1.807, 2.05) is 30.3 Å². The van der Waals surface area contributed by atoms with E-state index in [4.69, 9.17) is 5.14 Å². The topological polar surface area (TPSA) is 77.5 Å². The van der Waals surface area contributed by atoms with Crippen molar-refractivity contribution in [1.82, 2.24) is 9.38 Å². The molecular formula is C15H11N3O2S. The quantitative estimate of drug-likeness (QED) is 0.585. The molecule has 3 heterocycles. The number of hydrogen-bond acceptors (Lipinski definition) is 3. The van der Waals surface area contributed by atoms with Gasteiger partial charge >= 0.3 is 0 Å². The van der Waals surface area contributed by atoms with Gasteiger partial charge in [-0.25, -0.2) is 18.5 Å². The number of pyridine rings is 2. The number of nitrogens with two attached hydrogens (primary N) is 1. The number of fused-ring (bicyclic) bond motifs is 5. The Morgan fingerprint density at radius 2 is 1.81 bits per heavy atom. The van der Waals surface area contributed by atoms with Crippen LogP contribution < -0.4 is 5.14 Å². The predicted octanol–water partition coefficient (Wildman–Crippen LogP) is 2.24. The summed E-state index contributed by atoms with van der Waals surface area (Å²) >= 11 is 0. The van der Waals surface area contributed by atoms with Gasteiger partial charge in [-0.3, -0.25) is 0 Å². The number of nitrogens with zero attached hydrogens (tertiary/aromatic N) is 2. The number of rotatable bonds is 1. The summed E-state index contributed by atoms with van der Waals surface area (Å²) in [5.41, 5.74) is 2.96. The van der Waals surface area contributed by atoms with Gasteiger partial charge in [0.05, 0.1) is 16.7 Å². The van der Waals surface area contributed by atoms with E-state index < -0.39 is 10.0 Å². The highest BCUT2D eigenvalue weighted by Crippen LogP contribution is 2.36. The lowest BCUT2D eigenvalue weighted by atomic mass is 10.1. The van der Waals surface area contributed by atoms with Crippen molar-refractivity contribution in [3.63, 3.8) is 0 Å². The second kappa shape index (κ2) is 4.03. The minimum Gasteiger partial charge on any atom is -0.322 e. The van der Waals surface area contributed by atoms with Crippen LogP contribution >= 0.6 is 0 Å². The lowest BCUT2D eigenvalue weighted by molar-refractivity contribution is 0.598. The van der Waals surface area contributed by atoms with Crippen LogP contribution in [0.15, 0.2) is 59.8 Å². The molecule has 2 aliphatic rings. The number of benzene rings is 1. The fraction of sp³-hybridized carbons (Fsp3) is 0. The maximum atomic E-state index is 11.9. The summed E-state index contributed by atoms with van der Waals surface area (Å²) < 4.78 is 25.5. The highest BCUT2D eigenvalue weighted by Gasteiger charge is 2.21. The van der Waals surface area contributed by atoms with Gasteiger partial charge in [-0.05, 0) is 24.3 Å². The molecule has 0 radical (unpaired) electrons. The average molecular weight is 297 g/mol. The Bertz CT molecular complexity index is 1070. The molecule has 0 unspecified atom stereocenters. The second-order valence-corrected chi connectivity index (χ2v) is 6.41. The van der Waals surface area contributed by atoms with E-state index in [0.29, 0.717) is 5.52 Å². The average Bonchev–Trinajstić information content (AvgIpc) is 2.84. The number of hydrogen-bond donors (Lipinski definition) is 1. The van der Waals surface area contributed by atoms with Crippen LogP contribution in [0.4, 0.5) is 0 Å². The first-order valence-corrected chi connectivity index (χ1v) is 7.91. The van der Waals surface area contributed by atoms with Crippen LogP contribution in [-0.2, 0) is 10.0 Å². The van der Waals surface area contributed by atoms with Crippen molar-refractivity contribution in [2.24, 2.45) is 5.14 Å². The highest BCUT2D eigenvalue weighted by atomic mass is 32.2. The summed E-state index contributed by atoms with van der Waals surface area (Å²) in [6, 6.07) is 12.7. The van der Waals surface area contributed by atoms with Crippen molar-refractivity contribution in [2.45, 2.75) is 4.90 Å². The third-order valence-electron chi connectivity index (χ3n) is 3.59. The van der Waals surface area contributed by atoms with Crippen LogP contribution in [0, 0.1) is 0 Å². The van der Waals surface area contributed by atoms with Gasteiger partial charge < -0.3 is 4.40 Å². The van der Waals surface area contributed by atoms with Gasteiger partial charge in [-0.1, -0.05) is 18.2 Å². The van der Waals surface area contributed by atoms with Crippen LogP contribution in [0.25, 0.3) is 27.7 Å². The van der Waals surface area contributed by atoms with Crippen molar-refractivity contribution in [1.29, 1.82) is 0 Å². The standard InChI is InChI=1S/C15H11N3O2S/c16-21(19,20)13-6-3-8-18-9-7-12-14(15(13)18)10-4-1-2-5-11(10)17-12/h1-9H,(H2,16,19,20). The van der Waals surface area contributed by atoms with Gasteiger partial charge in [0.2, 0.25) is 10.0 Å². The molecule has 4 rings (SSSR count). The zero-order valence-corrected chi connectivity index (χ0v) is 11.7. The molecule has 0 bridgehead atoms. The molecule has 6 heteroatoms. The molecule has 0 saturated heterocycles. The van der Waals surface area contributed by atoms with Crippen molar-refractivity contribution < 1.29 is 8.42 Å². The number of para-hydroxylation sites is 1. The van der Waals surface area contributed by atoms with E-state index >= 15 is 0 Å². The number of sulfonamides is 1. The van der Waals surface area contributed by atoms with Crippen molar-refractivity contribution in [3.8, 4) is 11.3 Å². The van der Waals surface area contributed by atoms with Crippen molar-refractivity contribution in [2.75, 3.05) is 0 Å². The highest BCUT2D eigenvalue weighted by molar-refractivity contribution is 7.89. The third-order valence-corrected chi connectivity index (χ3v) is 4.54. The molecular weight excluding hydrogens is 286 g/mol. The smallest absolute Gasteiger partial charge is 0.240 e. The van der Waals surface area contributed by atoms with Gasteiger partial charge in [0, 0.05) is 23.3 Å². The minimum atomic E-state index is -3.82. The maximum absolute atomic E-state index is 11.9. The van der Waals surface area contributed by atoms with E-state index in [1.165, 1.54) is 6.07 Å². The molecule has 1 aromatic heterocycles. The first-order valence-electron chi connectivity index (χ1n) is 6.37. The Labute approximate surface area is 121 Å². The molecule has 0 aliphatic carbocycles. The SMILES string of the molecule is NS(=O)(=O)c1cccn2ccc3nc4ccccc4c-3c12. The zero-order valence-electron chi connectivity index (χ0n) is 10.9. The molecule has 104 valence electrons. The summed E-state index contributed by atoms with van der Waals surface area (Å²) in [5, 5.41) is 6.28.